The monoisotopic (exact) mass is 556 g/mol. The van der Waals surface area contributed by atoms with Gasteiger partial charge in [-0.25, -0.2) is 9.97 Å². The van der Waals surface area contributed by atoms with E-state index in [0.29, 0.717) is 0 Å². The Morgan fingerprint density at radius 2 is 1.24 bits per heavy atom. The van der Waals surface area contributed by atoms with Crippen molar-refractivity contribution in [2.45, 2.75) is 79.1 Å². The van der Waals surface area contributed by atoms with E-state index in [4.69, 9.17) is 9.97 Å². The summed E-state index contributed by atoms with van der Waals surface area (Å²) in [6, 6.07) is 13.4. The molecule has 192 valence electrons. The number of hydrogen-bond acceptors (Lipinski definition) is 2. The van der Waals surface area contributed by atoms with Crippen LogP contribution in [0.2, 0.25) is 0 Å². The van der Waals surface area contributed by atoms with Gasteiger partial charge in [-0.3, -0.25) is 0 Å². The van der Waals surface area contributed by atoms with E-state index in [0.717, 1.165) is 101 Å². The number of aromatic nitrogens is 4. The number of nitrogens with one attached hydrogen (secondary N) is 2. The first-order valence-corrected chi connectivity index (χ1v) is 14.7. The molecule has 4 nitrogen and oxygen atoms in total. The highest BCUT2D eigenvalue weighted by Gasteiger charge is 2.20. The zero-order valence-corrected chi connectivity index (χ0v) is 24.1. The van der Waals surface area contributed by atoms with Gasteiger partial charge in [-0.2, -0.15) is 0 Å². The molecule has 3 aromatic rings. The average molecular weight is 558 g/mol. The lowest BCUT2D eigenvalue weighted by molar-refractivity contribution is 0.931. The molecule has 0 unspecified atom stereocenters. The van der Waals surface area contributed by atoms with Gasteiger partial charge >= 0.3 is 0 Å². The number of nitrogens with zero attached hydrogens (tertiary/aromatic N) is 2. The predicted molar refractivity (Wildman–Crippen MR) is 162 cm³/mol. The second-order valence-corrected chi connectivity index (χ2v) is 10.9. The maximum atomic E-state index is 5.14. The third-order valence-electron chi connectivity index (χ3n) is 7.17. The maximum Gasteiger partial charge on any atom is 0.102 e. The van der Waals surface area contributed by atoms with Crippen molar-refractivity contribution in [2.75, 3.05) is 0 Å². The number of aryl methyl sites for hydroxylation is 2. The molecule has 0 atom stereocenters. The second kappa shape index (κ2) is 11.2. The van der Waals surface area contributed by atoms with Crippen molar-refractivity contribution in [3.63, 3.8) is 0 Å². The largest absolute Gasteiger partial charge is 0.354 e. The first kappa shape index (κ1) is 25.7. The van der Waals surface area contributed by atoms with Crippen LogP contribution in [0.5, 0.6) is 0 Å². The van der Waals surface area contributed by atoms with E-state index in [1.807, 2.05) is 0 Å². The molecule has 0 fully saturated rings. The molecule has 0 saturated heterocycles. The van der Waals surface area contributed by atoms with Gasteiger partial charge in [0.05, 0.1) is 32.6 Å². The van der Waals surface area contributed by atoms with Crippen LogP contribution >= 0.6 is 15.9 Å². The van der Waals surface area contributed by atoms with E-state index in [1.54, 1.807) is 0 Å². The zero-order valence-electron chi connectivity index (χ0n) is 22.5. The minimum absolute atomic E-state index is 0.987. The summed E-state index contributed by atoms with van der Waals surface area (Å²) in [4.78, 5) is 17.6. The molecule has 3 aromatic heterocycles. The van der Waals surface area contributed by atoms with Crippen LogP contribution in [0.1, 0.15) is 100 Å². The Morgan fingerprint density at radius 1 is 0.649 bits per heavy atom. The molecule has 0 saturated carbocycles. The summed E-state index contributed by atoms with van der Waals surface area (Å²) in [6.07, 6.45) is 10.7. The van der Waals surface area contributed by atoms with Gasteiger partial charge in [0.15, 0.2) is 0 Å². The van der Waals surface area contributed by atoms with Crippen molar-refractivity contribution in [2.24, 2.45) is 0 Å². The number of aromatic amines is 2. The summed E-state index contributed by atoms with van der Waals surface area (Å²) in [5, 5.41) is 0. The van der Waals surface area contributed by atoms with Gasteiger partial charge in [-0.15, -0.1) is 0 Å². The molecule has 0 radical (unpaired) electrons. The summed E-state index contributed by atoms with van der Waals surface area (Å²) in [5.74, 6) is 0. The molecule has 37 heavy (non-hydrogen) atoms. The number of H-pyrrole nitrogens is 2. The molecule has 0 aromatic carbocycles. The van der Waals surface area contributed by atoms with Crippen molar-refractivity contribution in [1.82, 2.24) is 19.9 Å². The van der Waals surface area contributed by atoms with Crippen LogP contribution in [-0.2, 0) is 12.8 Å². The van der Waals surface area contributed by atoms with Crippen LogP contribution in [0, 0.1) is 0 Å². The van der Waals surface area contributed by atoms with Gasteiger partial charge < -0.3 is 9.97 Å². The fourth-order valence-electron chi connectivity index (χ4n) is 5.39. The smallest absolute Gasteiger partial charge is 0.102 e. The summed E-state index contributed by atoms with van der Waals surface area (Å²) in [6.45, 7) is 8.92. The molecule has 0 spiro atoms. The predicted octanol–water partition coefficient (Wildman–Crippen LogP) is 9.62. The van der Waals surface area contributed by atoms with Gasteiger partial charge in [-0.05, 0) is 106 Å². The Bertz CT molecular complexity index is 1530. The Balaban J connectivity index is 1.87. The quantitative estimate of drug-likeness (QED) is 0.290. The number of hydrogen-bond donors (Lipinski definition) is 2. The van der Waals surface area contributed by atoms with Gasteiger partial charge in [0.25, 0.3) is 0 Å². The number of allylic oxidation sites excluding steroid dienone is 2. The molecular weight excluding hydrogens is 520 g/mol. The topological polar surface area (TPSA) is 57.4 Å². The molecule has 5 heterocycles. The van der Waals surface area contributed by atoms with E-state index < -0.39 is 0 Å². The third-order valence-corrected chi connectivity index (χ3v) is 8.02. The number of rotatable bonds is 8. The number of fused-ring (bicyclic) bond motifs is 10. The van der Waals surface area contributed by atoms with Gasteiger partial charge in [0.1, 0.15) is 5.69 Å². The van der Waals surface area contributed by atoms with Crippen molar-refractivity contribution < 1.29 is 0 Å². The van der Waals surface area contributed by atoms with Crippen molar-refractivity contribution >= 4 is 59.7 Å². The van der Waals surface area contributed by atoms with Crippen LogP contribution in [0.25, 0.3) is 43.8 Å². The standard InChI is InChI=1S/C32H37BrN4/c1-5-9-20-17-28-29-18-21(10-6-2)25(35-29)15-16-27-23(12-8-4)31(33)32(37-27)30-19-22(11-7-3)26(36-30)14-13-24(20)34-28/h13-19,35-36H,5-12H2,1-4H3. The van der Waals surface area contributed by atoms with Gasteiger partial charge in [0.2, 0.25) is 0 Å². The maximum absolute atomic E-state index is 5.14. The van der Waals surface area contributed by atoms with Gasteiger partial charge in [0, 0.05) is 11.0 Å². The number of halogens is 1. The molecule has 0 aliphatic carbocycles. The van der Waals surface area contributed by atoms with Gasteiger partial charge in [-0.1, -0.05) is 53.4 Å². The Labute approximate surface area is 228 Å². The highest BCUT2D eigenvalue weighted by Crippen LogP contribution is 2.39. The molecule has 0 amide bonds. The van der Waals surface area contributed by atoms with Crippen molar-refractivity contribution in [1.29, 1.82) is 0 Å². The van der Waals surface area contributed by atoms with E-state index in [-0.39, 0.29) is 0 Å². The fraction of sp³-hybridized carbons (Fsp3) is 0.375. The summed E-state index contributed by atoms with van der Waals surface area (Å²) < 4.78 is 1.10. The zero-order chi connectivity index (χ0) is 25.9. The normalized spacial score (nSPS) is 13.4. The molecule has 5 rings (SSSR count). The van der Waals surface area contributed by atoms with Crippen LogP contribution < -0.4 is 0 Å². The molecule has 2 N–H and O–H groups in total. The lowest BCUT2D eigenvalue weighted by atomic mass is 10.1. The van der Waals surface area contributed by atoms with E-state index in [2.05, 4.69) is 96.1 Å². The van der Waals surface area contributed by atoms with E-state index >= 15 is 0 Å². The lowest BCUT2D eigenvalue weighted by Crippen LogP contribution is -1.82. The minimum Gasteiger partial charge on any atom is -0.354 e. The van der Waals surface area contributed by atoms with Crippen molar-refractivity contribution in [3.05, 3.63) is 70.3 Å². The molecular formula is C32H37BrN4. The molecule has 2 aliphatic heterocycles. The second-order valence-electron chi connectivity index (χ2n) is 10.1. The highest BCUT2D eigenvalue weighted by atomic mass is 79.9. The SMILES string of the molecule is CCCC1=Cc2nc1ccc1[nH]c(cc1CCC)c1nc(ccc3[nH]c2cc3CCC)C(CCC)=C1Br. The molecule has 5 heteroatoms. The Hall–Kier alpha value is -2.92. The van der Waals surface area contributed by atoms with Crippen LogP contribution in [-0.4, -0.2) is 19.9 Å². The van der Waals surface area contributed by atoms with Crippen molar-refractivity contribution in [3.8, 4) is 0 Å². The fourth-order valence-corrected chi connectivity index (χ4v) is 6.09. The van der Waals surface area contributed by atoms with Crippen LogP contribution in [0.3, 0.4) is 0 Å². The Kier molecular flexibility index (Phi) is 7.80. The summed E-state index contributed by atoms with van der Waals surface area (Å²) in [7, 11) is 0. The van der Waals surface area contributed by atoms with Crippen LogP contribution in [0.4, 0.5) is 0 Å². The van der Waals surface area contributed by atoms with E-state index in [9.17, 15) is 0 Å². The highest BCUT2D eigenvalue weighted by molar-refractivity contribution is 9.15. The van der Waals surface area contributed by atoms with Crippen LogP contribution in [0.15, 0.2) is 36.4 Å². The summed E-state index contributed by atoms with van der Waals surface area (Å²) >= 11 is 3.92. The van der Waals surface area contributed by atoms with E-state index in [1.165, 1.54) is 22.3 Å². The lowest BCUT2D eigenvalue weighted by Gasteiger charge is -2.00. The first-order chi connectivity index (χ1) is 18.1. The average Bonchev–Trinajstić information content (AvgIpc) is 3.64. The Morgan fingerprint density at radius 3 is 1.89 bits per heavy atom. The third kappa shape index (κ3) is 5.11. The summed E-state index contributed by atoms with van der Waals surface area (Å²) in [5.41, 5.74) is 13.8. The molecule has 8 bridgehead atoms. The first-order valence-electron chi connectivity index (χ1n) is 13.9. The molecule has 2 aliphatic rings. The minimum atomic E-state index is 0.987.